The molecule has 0 bridgehead atoms. The van der Waals surface area contributed by atoms with Crippen molar-refractivity contribution in [2.24, 2.45) is 0 Å². The molecule has 0 fully saturated rings. The monoisotopic (exact) mass is 295 g/mol. The zero-order valence-electron chi connectivity index (χ0n) is 12.8. The van der Waals surface area contributed by atoms with Crippen molar-refractivity contribution in [3.8, 4) is 0 Å². The van der Waals surface area contributed by atoms with Gasteiger partial charge < -0.3 is 5.32 Å². The lowest BCUT2D eigenvalue weighted by Crippen LogP contribution is -2.17. The molecule has 0 amide bonds. The lowest BCUT2D eigenvalue weighted by molar-refractivity contribution is 0.602. The molecule has 0 aliphatic heterocycles. The number of rotatable bonds is 4. The highest BCUT2D eigenvalue weighted by atomic mass is 32.1. The molecule has 0 saturated carbocycles. The number of hydrogen-bond acceptors (Lipinski definition) is 2. The molecule has 0 aliphatic carbocycles. The molecular formula is C19H21NS. The number of benzene rings is 2. The van der Waals surface area contributed by atoms with Crippen LogP contribution in [-0.2, 0) is 6.42 Å². The largest absolute Gasteiger partial charge is 0.312 e. The maximum absolute atomic E-state index is 3.47. The van der Waals surface area contributed by atoms with Gasteiger partial charge in [0.25, 0.3) is 0 Å². The molecule has 0 aliphatic rings. The fraction of sp³-hybridized carbons (Fsp3) is 0.263. The van der Waals surface area contributed by atoms with Crippen LogP contribution in [0.15, 0.2) is 48.5 Å². The molecule has 1 aromatic heterocycles. The molecule has 108 valence electrons. The van der Waals surface area contributed by atoms with E-state index >= 15 is 0 Å². The second kappa shape index (κ2) is 6.00. The summed E-state index contributed by atoms with van der Waals surface area (Å²) in [6, 6.07) is 18.1. The minimum atomic E-state index is 0.392. The maximum atomic E-state index is 3.47. The van der Waals surface area contributed by atoms with Crippen molar-refractivity contribution < 1.29 is 0 Å². The van der Waals surface area contributed by atoms with E-state index in [-0.39, 0.29) is 0 Å². The van der Waals surface area contributed by atoms with Crippen LogP contribution in [0.1, 0.15) is 26.9 Å². The van der Waals surface area contributed by atoms with Crippen LogP contribution in [0.25, 0.3) is 10.8 Å². The quantitative estimate of drug-likeness (QED) is 0.712. The molecule has 0 saturated heterocycles. The van der Waals surface area contributed by atoms with E-state index < -0.39 is 0 Å². The van der Waals surface area contributed by atoms with Crippen molar-refractivity contribution in [1.29, 1.82) is 0 Å². The third kappa shape index (κ3) is 3.02. The van der Waals surface area contributed by atoms with E-state index in [9.17, 15) is 0 Å². The SMILES string of the molecule is CNC(Cc1ccc2ccccc2c1)c1cc(C)c(C)s1. The van der Waals surface area contributed by atoms with Crippen molar-refractivity contribution in [2.45, 2.75) is 26.3 Å². The predicted molar refractivity (Wildman–Crippen MR) is 93.2 cm³/mol. The Morgan fingerprint density at radius 1 is 1.00 bits per heavy atom. The number of nitrogens with one attached hydrogen (secondary N) is 1. The predicted octanol–water partition coefficient (Wildman–Crippen LogP) is 5.02. The van der Waals surface area contributed by atoms with E-state index in [4.69, 9.17) is 0 Å². The fourth-order valence-electron chi connectivity index (χ4n) is 2.72. The summed E-state index contributed by atoms with van der Waals surface area (Å²) in [7, 11) is 2.05. The lowest BCUT2D eigenvalue weighted by atomic mass is 10.0. The minimum absolute atomic E-state index is 0.392. The average molecular weight is 295 g/mol. The molecule has 2 aromatic carbocycles. The molecule has 3 aromatic rings. The number of hydrogen-bond donors (Lipinski definition) is 1. The van der Waals surface area contributed by atoms with Crippen LogP contribution >= 0.6 is 11.3 Å². The highest BCUT2D eigenvalue weighted by Crippen LogP contribution is 2.29. The Kier molecular flexibility index (Phi) is 4.09. The summed E-state index contributed by atoms with van der Waals surface area (Å²) in [6.45, 7) is 4.39. The second-order valence-electron chi connectivity index (χ2n) is 5.61. The Balaban J connectivity index is 1.88. The van der Waals surface area contributed by atoms with Crippen LogP contribution < -0.4 is 5.32 Å². The zero-order chi connectivity index (χ0) is 14.8. The van der Waals surface area contributed by atoms with Crippen LogP contribution in [-0.4, -0.2) is 7.05 Å². The van der Waals surface area contributed by atoms with Gasteiger partial charge in [-0.15, -0.1) is 11.3 Å². The summed E-state index contributed by atoms with van der Waals surface area (Å²) in [5.41, 5.74) is 2.78. The Hall–Kier alpha value is -1.64. The number of aryl methyl sites for hydroxylation is 2. The van der Waals surface area contributed by atoms with Gasteiger partial charge in [-0.05, 0) is 55.3 Å². The summed E-state index contributed by atoms with van der Waals surface area (Å²) in [5, 5.41) is 6.10. The van der Waals surface area contributed by atoms with Gasteiger partial charge in [-0.1, -0.05) is 42.5 Å². The summed E-state index contributed by atoms with van der Waals surface area (Å²) in [5.74, 6) is 0. The van der Waals surface area contributed by atoms with Gasteiger partial charge in [-0.25, -0.2) is 0 Å². The van der Waals surface area contributed by atoms with E-state index in [1.807, 2.05) is 11.3 Å². The molecule has 2 heteroatoms. The van der Waals surface area contributed by atoms with Crippen molar-refractivity contribution in [2.75, 3.05) is 7.05 Å². The molecule has 1 atom stereocenters. The van der Waals surface area contributed by atoms with Crippen molar-refractivity contribution in [3.05, 3.63) is 69.4 Å². The Labute approximate surface area is 130 Å². The van der Waals surface area contributed by atoms with Gasteiger partial charge in [0.15, 0.2) is 0 Å². The third-order valence-electron chi connectivity index (χ3n) is 4.13. The molecule has 1 unspecified atom stereocenters. The van der Waals surface area contributed by atoms with Gasteiger partial charge in [-0.3, -0.25) is 0 Å². The van der Waals surface area contributed by atoms with Crippen molar-refractivity contribution >= 4 is 22.1 Å². The molecular weight excluding hydrogens is 274 g/mol. The summed E-state index contributed by atoms with van der Waals surface area (Å²) in [6.07, 6.45) is 1.03. The molecule has 0 radical (unpaired) electrons. The van der Waals surface area contributed by atoms with Crippen LogP contribution in [0, 0.1) is 13.8 Å². The van der Waals surface area contributed by atoms with Gasteiger partial charge in [0.2, 0.25) is 0 Å². The molecule has 1 heterocycles. The van der Waals surface area contributed by atoms with Crippen LogP contribution in [0.3, 0.4) is 0 Å². The second-order valence-corrected chi connectivity index (χ2v) is 6.90. The van der Waals surface area contributed by atoms with E-state index in [2.05, 4.69) is 74.7 Å². The van der Waals surface area contributed by atoms with Gasteiger partial charge in [0.1, 0.15) is 0 Å². The third-order valence-corrected chi connectivity index (χ3v) is 5.40. The Morgan fingerprint density at radius 3 is 2.43 bits per heavy atom. The summed E-state index contributed by atoms with van der Waals surface area (Å²) >= 11 is 1.91. The van der Waals surface area contributed by atoms with Crippen LogP contribution in [0.5, 0.6) is 0 Å². The Bertz CT molecular complexity index is 738. The van der Waals surface area contributed by atoms with Gasteiger partial charge in [0, 0.05) is 15.8 Å². The van der Waals surface area contributed by atoms with Gasteiger partial charge >= 0.3 is 0 Å². The van der Waals surface area contributed by atoms with Crippen LogP contribution in [0.4, 0.5) is 0 Å². The molecule has 21 heavy (non-hydrogen) atoms. The fourth-order valence-corrected chi connectivity index (χ4v) is 3.87. The van der Waals surface area contributed by atoms with Gasteiger partial charge in [0.05, 0.1) is 0 Å². The zero-order valence-corrected chi connectivity index (χ0v) is 13.6. The van der Waals surface area contributed by atoms with Crippen molar-refractivity contribution in [3.63, 3.8) is 0 Å². The first-order chi connectivity index (χ1) is 10.2. The first-order valence-corrected chi connectivity index (χ1v) is 8.21. The maximum Gasteiger partial charge on any atom is 0.0453 e. The van der Waals surface area contributed by atoms with E-state index in [0.717, 1.165) is 6.42 Å². The number of fused-ring (bicyclic) bond motifs is 1. The molecule has 1 nitrogen and oxygen atoms in total. The van der Waals surface area contributed by atoms with E-state index in [0.29, 0.717) is 6.04 Å². The lowest BCUT2D eigenvalue weighted by Gasteiger charge is -2.15. The topological polar surface area (TPSA) is 12.0 Å². The smallest absolute Gasteiger partial charge is 0.0453 e. The van der Waals surface area contributed by atoms with E-state index in [1.54, 1.807) is 0 Å². The number of likely N-dealkylation sites (N-methyl/N-ethyl adjacent to an activating group) is 1. The summed E-state index contributed by atoms with van der Waals surface area (Å²) in [4.78, 5) is 2.85. The first-order valence-electron chi connectivity index (χ1n) is 7.39. The normalized spacial score (nSPS) is 12.7. The average Bonchev–Trinajstić information content (AvgIpc) is 2.84. The molecule has 0 spiro atoms. The first kappa shape index (κ1) is 14.3. The minimum Gasteiger partial charge on any atom is -0.312 e. The highest BCUT2D eigenvalue weighted by molar-refractivity contribution is 7.12. The molecule has 1 N–H and O–H groups in total. The van der Waals surface area contributed by atoms with Crippen molar-refractivity contribution in [1.82, 2.24) is 5.32 Å². The molecule has 3 rings (SSSR count). The Morgan fingerprint density at radius 2 is 1.76 bits per heavy atom. The summed E-state index contributed by atoms with van der Waals surface area (Å²) < 4.78 is 0. The van der Waals surface area contributed by atoms with Crippen LogP contribution in [0.2, 0.25) is 0 Å². The standard InChI is InChI=1S/C19H21NS/c1-13-10-19(21-14(13)2)18(20-3)12-15-8-9-16-6-4-5-7-17(16)11-15/h4-11,18,20H,12H2,1-3H3. The highest BCUT2D eigenvalue weighted by Gasteiger charge is 2.13. The number of thiophene rings is 1. The van der Waals surface area contributed by atoms with E-state index in [1.165, 1.54) is 31.7 Å². The van der Waals surface area contributed by atoms with Gasteiger partial charge in [-0.2, -0.15) is 0 Å².